The van der Waals surface area contributed by atoms with E-state index in [-0.39, 0.29) is 6.61 Å². The number of tetrazole rings is 1. The zero-order valence-electron chi connectivity index (χ0n) is 21.6. The molecule has 0 aliphatic rings. The van der Waals surface area contributed by atoms with Crippen molar-refractivity contribution in [3.05, 3.63) is 107 Å². The summed E-state index contributed by atoms with van der Waals surface area (Å²) in [6.45, 7) is 4.56. The van der Waals surface area contributed by atoms with Crippen LogP contribution < -0.4 is 4.74 Å². The number of aromatic nitrogens is 6. The van der Waals surface area contributed by atoms with Gasteiger partial charge < -0.3 is 9.84 Å². The van der Waals surface area contributed by atoms with E-state index in [9.17, 15) is 5.11 Å². The molecule has 3 aromatic carbocycles. The van der Waals surface area contributed by atoms with Crippen LogP contribution >= 0.6 is 0 Å². The smallest absolute Gasteiger partial charge is 0.220 e. The highest BCUT2D eigenvalue weighted by Crippen LogP contribution is 2.30. The molecule has 0 aliphatic carbocycles. The fourth-order valence-corrected chi connectivity index (χ4v) is 4.39. The highest BCUT2D eigenvalue weighted by Gasteiger charge is 2.15. The van der Waals surface area contributed by atoms with Gasteiger partial charge in [-0.2, -0.15) is 10.2 Å². The second-order valence-corrected chi connectivity index (χ2v) is 9.18. The molecule has 0 saturated heterocycles. The van der Waals surface area contributed by atoms with Gasteiger partial charge in [0.25, 0.3) is 0 Å². The Morgan fingerprint density at radius 2 is 1.55 bits per heavy atom. The first-order chi connectivity index (χ1) is 18.6. The second kappa shape index (κ2) is 11.7. The molecular formula is C30H30N6O2. The number of hydrogen-bond donors (Lipinski definition) is 2. The summed E-state index contributed by atoms with van der Waals surface area (Å²) in [5, 5.41) is 23.8. The summed E-state index contributed by atoms with van der Waals surface area (Å²) in [7, 11) is 0. The predicted octanol–water partition coefficient (Wildman–Crippen LogP) is 5.25. The molecule has 8 heteroatoms. The molecule has 0 bridgehead atoms. The van der Waals surface area contributed by atoms with Crippen molar-refractivity contribution >= 4 is 0 Å². The van der Waals surface area contributed by atoms with E-state index >= 15 is 0 Å². The molecule has 0 saturated carbocycles. The van der Waals surface area contributed by atoms with Crippen LogP contribution in [0.3, 0.4) is 0 Å². The lowest BCUT2D eigenvalue weighted by atomic mass is 9.98. The highest BCUT2D eigenvalue weighted by atomic mass is 16.5. The number of nitrogens with one attached hydrogen (secondary N) is 1. The predicted molar refractivity (Wildman–Crippen MR) is 145 cm³/mol. The Bertz CT molecular complexity index is 1480. The molecule has 5 rings (SSSR count). The number of benzene rings is 3. The van der Waals surface area contributed by atoms with Crippen LogP contribution in [0.4, 0.5) is 0 Å². The van der Waals surface area contributed by atoms with Crippen molar-refractivity contribution in [2.75, 3.05) is 0 Å². The average Bonchev–Trinajstić information content (AvgIpc) is 3.49. The van der Waals surface area contributed by atoms with Crippen LogP contribution in [0, 0.1) is 6.92 Å². The van der Waals surface area contributed by atoms with Crippen LogP contribution in [0.1, 0.15) is 47.1 Å². The van der Waals surface area contributed by atoms with Gasteiger partial charge in [-0.1, -0.05) is 79.7 Å². The van der Waals surface area contributed by atoms with Crippen molar-refractivity contribution in [1.82, 2.24) is 30.6 Å². The van der Waals surface area contributed by atoms with Crippen LogP contribution in [0.25, 0.3) is 22.5 Å². The monoisotopic (exact) mass is 506 g/mol. The van der Waals surface area contributed by atoms with Gasteiger partial charge in [-0.15, -0.1) is 10.2 Å². The number of nitrogens with zero attached hydrogens (tertiary/aromatic N) is 5. The molecule has 2 heterocycles. The van der Waals surface area contributed by atoms with Crippen molar-refractivity contribution < 1.29 is 9.84 Å². The van der Waals surface area contributed by atoms with Gasteiger partial charge in [-0.3, -0.25) is 0 Å². The zero-order chi connectivity index (χ0) is 26.3. The number of aliphatic hydroxyl groups is 1. The van der Waals surface area contributed by atoms with Gasteiger partial charge >= 0.3 is 0 Å². The summed E-state index contributed by atoms with van der Waals surface area (Å²) in [6, 6.07) is 24.2. The molecule has 0 aliphatic heterocycles. The quantitative estimate of drug-likeness (QED) is 0.266. The maximum absolute atomic E-state index is 9.35. The van der Waals surface area contributed by atoms with Crippen LogP contribution in [-0.4, -0.2) is 35.7 Å². The number of aliphatic hydroxyl groups excluding tert-OH is 1. The standard InChI is InChI=1S/C30H30N6O2/c1-3-6-28-31-20(2)27(17-21-9-11-22(18-37)12-10-21)30(32-28)38-19-23-13-15-24(16-14-23)25-7-4-5-8-26(25)29-33-35-36-34-29/h4-5,7-16,37H,3,6,17-19H2,1-2H3,(H,33,34,35,36). The van der Waals surface area contributed by atoms with Crippen LogP contribution in [0.5, 0.6) is 5.88 Å². The average molecular weight is 507 g/mol. The largest absolute Gasteiger partial charge is 0.472 e. The minimum atomic E-state index is 0.0317. The minimum absolute atomic E-state index is 0.0317. The first-order valence-electron chi connectivity index (χ1n) is 12.7. The maximum atomic E-state index is 9.35. The number of H-pyrrole nitrogens is 1. The molecule has 0 radical (unpaired) electrons. The van der Waals surface area contributed by atoms with Crippen LogP contribution in [0.2, 0.25) is 0 Å². The molecule has 2 aromatic heterocycles. The van der Waals surface area contributed by atoms with E-state index in [2.05, 4.69) is 57.9 Å². The molecular weight excluding hydrogens is 476 g/mol. The van der Waals surface area contributed by atoms with Gasteiger partial charge in [0.2, 0.25) is 11.7 Å². The van der Waals surface area contributed by atoms with Crippen LogP contribution in [-0.2, 0) is 26.1 Å². The van der Waals surface area contributed by atoms with E-state index in [1.54, 1.807) is 0 Å². The van der Waals surface area contributed by atoms with E-state index in [4.69, 9.17) is 14.7 Å². The highest BCUT2D eigenvalue weighted by molar-refractivity contribution is 5.80. The number of aromatic amines is 1. The zero-order valence-corrected chi connectivity index (χ0v) is 21.6. The maximum Gasteiger partial charge on any atom is 0.220 e. The van der Waals surface area contributed by atoms with E-state index in [0.717, 1.165) is 63.3 Å². The third kappa shape index (κ3) is 5.76. The number of aryl methyl sites for hydroxylation is 2. The fourth-order valence-electron chi connectivity index (χ4n) is 4.39. The van der Waals surface area contributed by atoms with Gasteiger partial charge in [-0.25, -0.2) is 4.98 Å². The molecule has 192 valence electrons. The molecule has 5 aromatic rings. The second-order valence-electron chi connectivity index (χ2n) is 9.18. The molecule has 2 N–H and O–H groups in total. The lowest BCUT2D eigenvalue weighted by Gasteiger charge is -2.15. The molecule has 38 heavy (non-hydrogen) atoms. The summed E-state index contributed by atoms with van der Waals surface area (Å²) in [6.07, 6.45) is 2.43. The lowest BCUT2D eigenvalue weighted by Crippen LogP contribution is -2.08. The normalized spacial score (nSPS) is 11.0. The number of rotatable bonds is 10. The van der Waals surface area contributed by atoms with Gasteiger partial charge in [0.15, 0.2) is 0 Å². The van der Waals surface area contributed by atoms with Crippen molar-refractivity contribution in [3.63, 3.8) is 0 Å². The Hall–Kier alpha value is -4.43. The van der Waals surface area contributed by atoms with Crippen LogP contribution in [0.15, 0.2) is 72.8 Å². The Balaban J connectivity index is 1.36. The van der Waals surface area contributed by atoms with Crippen molar-refractivity contribution in [2.24, 2.45) is 0 Å². The third-order valence-corrected chi connectivity index (χ3v) is 6.44. The molecule has 8 nitrogen and oxygen atoms in total. The van der Waals surface area contributed by atoms with E-state index in [1.807, 2.05) is 49.4 Å². The Labute approximate surface area is 221 Å². The van der Waals surface area contributed by atoms with Gasteiger partial charge in [0, 0.05) is 29.7 Å². The number of ether oxygens (including phenoxy) is 1. The summed E-state index contributed by atoms with van der Waals surface area (Å²) >= 11 is 0. The SMILES string of the molecule is CCCc1nc(C)c(Cc2ccc(CO)cc2)c(OCc2ccc(-c3ccccc3-c3nn[nH]n3)cc2)n1. The first kappa shape index (κ1) is 25.2. The summed E-state index contributed by atoms with van der Waals surface area (Å²) < 4.78 is 6.31. The summed E-state index contributed by atoms with van der Waals surface area (Å²) in [4.78, 5) is 9.51. The van der Waals surface area contributed by atoms with Crippen molar-refractivity contribution in [3.8, 4) is 28.4 Å². The van der Waals surface area contributed by atoms with Gasteiger partial charge in [0.1, 0.15) is 12.4 Å². The third-order valence-electron chi connectivity index (χ3n) is 6.44. The van der Waals surface area contributed by atoms with Gasteiger partial charge in [0.05, 0.1) is 6.61 Å². The Kier molecular flexibility index (Phi) is 7.80. The molecule has 0 atom stereocenters. The molecule has 0 spiro atoms. The van der Waals surface area contributed by atoms with Crippen molar-refractivity contribution in [2.45, 2.75) is 46.3 Å². The fraction of sp³-hybridized carbons (Fsp3) is 0.233. The summed E-state index contributed by atoms with van der Waals surface area (Å²) in [5.41, 5.74) is 7.96. The number of hydrogen-bond acceptors (Lipinski definition) is 7. The Morgan fingerprint density at radius 1 is 0.842 bits per heavy atom. The van der Waals surface area contributed by atoms with E-state index in [1.165, 1.54) is 0 Å². The molecule has 0 amide bonds. The molecule has 0 unspecified atom stereocenters. The topological polar surface area (TPSA) is 110 Å². The summed E-state index contributed by atoms with van der Waals surface area (Å²) in [5.74, 6) is 1.99. The lowest BCUT2D eigenvalue weighted by molar-refractivity contribution is 0.282. The van der Waals surface area contributed by atoms with E-state index < -0.39 is 0 Å². The molecule has 0 fully saturated rings. The Morgan fingerprint density at radius 3 is 2.24 bits per heavy atom. The first-order valence-corrected chi connectivity index (χ1v) is 12.7. The van der Waals surface area contributed by atoms with Crippen molar-refractivity contribution in [1.29, 1.82) is 0 Å². The van der Waals surface area contributed by atoms with Gasteiger partial charge in [-0.05, 0) is 46.4 Å². The minimum Gasteiger partial charge on any atom is -0.472 e. The van der Waals surface area contributed by atoms with E-state index in [0.29, 0.717) is 24.7 Å².